The number of halogens is 3. The van der Waals surface area contributed by atoms with Crippen molar-refractivity contribution >= 4 is 22.9 Å². The number of alkyl halides is 3. The van der Waals surface area contributed by atoms with E-state index in [1.54, 1.807) is 4.57 Å². The number of hydrogen-bond acceptors (Lipinski definition) is 6. The second-order valence-electron chi connectivity index (χ2n) is 9.06. The molecular formula is C20H25F3N8O. The van der Waals surface area contributed by atoms with E-state index in [1.165, 1.54) is 13.3 Å². The minimum Gasteiger partial charge on any atom is -0.353 e. The van der Waals surface area contributed by atoms with Gasteiger partial charge in [0.25, 0.3) is 0 Å². The van der Waals surface area contributed by atoms with Gasteiger partial charge in [0.05, 0.1) is 30.3 Å². The molecule has 1 atom stereocenters. The third kappa shape index (κ3) is 4.26. The molecule has 1 amide bonds. The largest absolute Gasteiger partial charge is 0.419 e. The average Bonchev–Trinajstić information content (AvgIpc) is 3.40. The third-order valence-corrected chi connectivity index (χ3v) is 5.36. The van der Waals surface area contributed by atoms with Crippen LogP contribution in [0.2, 0.25) is 0 Å². The van der Waals surface area contributed by atoms with Crippen LogP contribution < -0.4 is 10.2 Å². The number of carbonyl (C=O) groups excluding carboxylic acids is 1. The van der Waals surface area contributed by atoms with Crippen LogP contribution in [0, 0.1) is 0 Å². The predicted molar refractivity (Wildman–Crippen MR) is 111 cm³/mol. The number of hydrogen-bond donors (Lipinski definition) is 2. The van der Waals surface area contributed by atoms with Crippen molar-refractivity contribution in [2.24, 2.45) is 0 Å². The second kappa shape index (κ2) is 7.75. The maximum absolute atomic E-state index is 13.3. The first-order valence-electron chi connectivity index (χ1n) is 10.3. The van der Waals surface area contributed by atoms with E-state index >= 15 is 0 Å². The number of nitrogens with one attached hydrogen (secondary N) is 2. The normalized spacial score (nSPS) is 17.3. The van der Waals surface area contributed by atoms with Crippen molar-refractivity contribution in [2.75, 3.05) is 18.0 Å². The van der Waals surface area contributed by atoms with Crippen LogP contribution in [-0.4, -0.2) is 54.8 Å². The summed E-state index contributed by atoms with van der Waals surface area (Å²) in [6, 6.07) is -0.00275. The molecule has 0 aliphatic carbocycles. The molecule has 2 N–H and O–H groups in total. The Labute approximate surface area is 182 Å². The molecule has 0 radical (unpaired) electrons. The molecule has 1 aliphatic heterocycles. The summed E-state index contributed by atoms with van der Waals surface area (Å²) >= 11 is 0. The van der Waals surface area contributed by atoms with Gasteiger partial charge in [0, 0.05) is 31.5 Å². The minimum atomic E-state index is -4.51. The van der Waals surface area contributed by atoms with Crippen LogP contribution in [0.3, 0.4) is 0 Å². The Balaban J connectivity index is 1.76. The molecule has 1 saturated heterocycles. The molecule has 4 heterocycles. The summed E-state index contributed by atoms with van der Waals surface area (Å²) in [5.74, 6) is 1.09. The molecule has 0 spiro atoms. The van der Waals surface area contributed by atoms with Crippen LogP contribution in [0.15, 0.2) is 12.5 Å². The first kappa shape index (κ1) is 22.0. The minimum absolute atomic E-state index is 0.00275. The monoisotopic (exact) mass is 450 g/mol. The summed E-state index contributed by atoms with van der Waals surface area (Å²) in [6.45, 7) is 8.53. The molecule has 3 aromatic heterocycles. The van der Waals surface area contributed by atoms with Gasteiger partial charge in [-0.25, -0.2) is 15.0 Å². The van der Waals surface area contributed by atoms with Crippen LogP contribution in [0.1, 0.15) is 51.2 Å². The summed E-state index contributed by atoms with van der Waals surface area (Å²) in [4.78, 5) is 27.3. The number of anilines is 1. The molecule has 0 bridgehead atoms. The van der Waals surface area contributed by atoms with E-state index in [4.69, 9.17) is 4.98 Å². The SMILES string of the molecule is CC(=O)N[C@H]1CCN(c2nc(C(C)(C)C)nc3c2ncn3Cc2[nH]ncc2C(F)(F)F)C1. The summed E-state index contributed by atoms with van der Waals surface area (Å²) in [5.41, 5.74) is -0.316. The summed E-state index contributed by atoms with van der Waals surface area (Å²) < 4.78 is 41.4. The zero-order valence-electron chi connectivity index (χ0n) is 18.3. The van der Waals surface area contributed by atoms with E-state index in [-0.39, 0.29) is 29.6 Å². The van der Waals surface area contributed by atoms with Gasteiger partial charge in [-0.1, -0.05) is 20.8 Å². The Hall–Kier alpha value is -3.18. The van der Waals surface area contributed by atoms with Gasteiger partial charge in [-0.05, 0) is 6.42 Å². The van der Waals surface area contributed by atoms with E-state index in [0.29, 0.717) is 35.9 Å². The van der Waals surface area contributed by atoms with Crippen molar-refractivity contribution in [2.45, 2.75) is 58.3 Å². The molecule has 1 fully saturated rings. The topological polar surface area (TPSA) is 105 Å². The molecule has 3 aromatic rings. The summed E-state index contributed by atoms with van der Waals surface area (Å²) in [6.07, 6.45) is -1.50. The highest BCUT2D eigenvalue weighted by molar-refractivity contribution is 5.84. The molecule has 1 aliphatic rings. The number of imidazole rings is 1. The van der Waals surface area contributed by atoms with E-state index in [1.807, 2.05) is 25.7 Å². The maximum atomic E-state index is 13.3. The van der Waals surface area contributed by atoms with E-state index in [2.05, 4.69) is 25.5 Å². The Morgan fingerprint density at radius 2 is 2.03 bits per heavy atom. The van der Waals surface area contributed by atoms with Gasteiger partial charge < -0.3 is 14.8 Å². The van der Waals surface area contributed by atoms with Gasteiger partial charge in [0.15, 0.2) is 17.0 Å². The quantitative estimate of drug-likeness (QED) is 0.633. The Kier molecular flexibility index (Phi) is 5.33. The van der Waals surface area contributed by atoms with Crippen LogP contribution in [0.4, 0.5) is 19.0 Å². The highest BCUT2D eigenvalue weighted by Gasteiger charge is 2.35. The molecular weight excluding hydrogens is 425 g/mol. The average molecular weight is 450 g/mol. The van der Waals surface area contributed by atoms with E-state index in [0.717, 1.165) is 12.6 Å². The van der Waals surface area contributed by atoms with Gasteiger partial charge in [-0.15, -0.1) is 0 Å². The van der Waals surface area contributed by atoms with Gasteiger partial charge >= 0.3 is 6.18 Å². The number of aromatic amines is 1. The third-order valence-electron chi connectivity index (χ3n) is 5.36. The van der Waals surface area contributed by atoms with Gasteiger partial charge in [-0.3, -0.25) is 9.89 Å². The summed E-state index contributed by atoms with van der Waals surface area (Å²) in [7, 11) is 0. The lowest BCUT2D eigenvalue weighted by molar-refractivity contribution is -0.138. The van der Waals surface area contributed by atoms with Crippen LogP contribution in [0.25, 0.3) is 11.2 Å². The number of nitrogens with zero attached hydrogens (tertiary/aromatic N) is 6. The van der Waals surface area contributed by atoms with Crippen LogP contribution in [-0.2, 0) is 22.9 Å². The fourth-order valence-electron chi connectivity index (χ4n) is 3.81. The molecule has 9 nitrogen and oxygen atoms in total. The van der Waals surface area contributed by atoms with Gasteiger partial charge in [0.2, 0.25) is 5.91 Å². The molecule has 12 heteroatoms. The number of H-pyrrole nitrogens is 1. The molecule has 4 rings (SSSR count). The van der Waals surface area contributed by atoms with Crippen molar-refractivity contribution in [1.82, 2.24) is 35.0 Å². The van der Waals surface area contributed by atoms with Gasteiger partial charge in [-0.2, -0.15) is 18.3 Å². The number of aromatic nitrogens is 6. The molecule has 0 unspecified atom stereocenters. The van der Waals surface area contributed by atoms with E-state index < -0.39 is 11.7 Å². The summed E-state index contributed by atoms with van der Waals surface area (Å²) in [5, 5.41) is 8.93. The Bertz CT molecular complexity index is 1140. The van der Waals surface area contributed by atoms with Gasteiger partial charge in [0.1, 0.15) is 5.82 Å². The number of rotatable bonds is 4. The van der Waals surface area contributed by atoms with Crippen LogP contribution in [0.5, 0.6) is 0 Å². The molecule has 172 valence electrons. The maximum Gasteiger partial charge on any atom is 0.419 e. The zero-order valence-corrected chi connectivity index (χ0v) is 18.3. The number of amides is 1. The molecule has 32 heavy (non-hydrogen) atoms. The highest BCUT2D eigenvalue weighted by Crippen LogP contribution is 2.33. The van der Waals surface area contributed by atoms with Crippen molar-refractivity contribution in [3.05, 3.63) is 29.6 Å². The second-order valence-corrected chi connectivity index (χ2v) is 9.06. The smallest absolute Gasteiger partial charge is 0.353 e. The lowest BCUT2D eigenvalue weighted by atomic mass is 9.96. The Morgan fingerprint density at radius 3 is 2.69 bits per heavy atom. The van der Waals surface area contributed by atoms with Crippen molar-refractivity contribution in [3.8, 4) is 0 Å². The van der Waals surface area contributed by atoms with E-state index in [9.17, 15) is 18.0 Å². The number of carbonyl (C=O) groups is 1. The number of fused-ring (bicyclic) bond motifs is 1. The first-order chi connectivity index (χ1) is 14.9. The van der Waals surface area contributed by atoms with Crippen molar-refractivity contribution in [3.63, 3.8) is 0 Å². The van der Waals surface area contributed by atoms with Crippen molar-refractivity contribution < 1.29 is 18.0 Å². The lowest BCUT2D eigenvalue weighted by Crippen LogP contribution is -2.36. The lowest BCUT2D eigenvalue weighted by Gasteiger charge is -2.22. The molecule has 0 aromatic carbocycles. The zero-order chi connectivity index (χ0) is 23.3. The molecule has 0 saturated carbocycles. The van der Waals surface area contributed by atoms with Crippen LogP contribution >= 0.6 is 0 Å². The standard InChI is InChI=1S/C20H25F3N8O/c1-11(32)26-12-5-6-30(8-12)16-15-17(28-18(27-16)19(2,3)4)31(10-24-15)9-14-13(7-25-29-14)20(21,22)23/h7,10,12H,5-6,8-9H2,1-4H3,(H,25,29)(H,26,32)/t12-/m0/s1. The predicted octanol–water partition coefficient (Wildman–Crippen LogP) is 2.63. The highest BCUT2D eigenvalue weighted by atomic mass is 19.4. The van der Waals surface area contributed by atoms with Crippen molar-refractivity contribution in [1.29, 1.82) is 0 Å². The fraction of sp³-hybridized carbons (Fsp3) is 0.550. The Morgan fingerprint density at radius 1 is 1.28 bits per heavy atom. The fourth-order valence-corrected chi connectivity index (χ4v) is 3.81. The first-order valence-corrected chi connectivity index (χ1v) is 10.3.